The van der Waals surface area contributed by atoms with Gasteiger partial charge in [-0.2, -0.15) is 9.67 Å². The first-order valence-electron chi connectivity index (χ1n) is 8.88. The van der Waals surface area contributed by atoms with E-state index in [-0.39, 0.29) is 18.2 Å². The van der Waals surface area contributed by atoms with Gasteiger partial charge in [-0.3, -0.25) is 0 Å². The summed E-state index contributed by atoms with van der Waals surface area (Å²) in [6, 6.07) is 16.3. The first kappa shape index (κ1) is 19.5. The zero-order valence-corrected chi connectivity index (χ0v) is 16.5. The number of ether oxygens (including phenoxy) is 1. The number of rotatable bonds is 6. The molecule has 0 aliphatic carbocycles. The molecular weight excluding hydrogens is 408 g/mol. The Morgan fingerprint density at radius 2 is 1.93 bits per heavy atom. The smallest absolute Gasteiger partial charge is 0.357 e. The fourth-order valence-electron chi connectivity index (χ4n) is 2.60. The number of benzene rings is 2. The van der Waals surface area contributed by atoms with E-state index in [1.165, 1.54) is 4.68 Å². The standard InChI is InChI=1S/C20H15ClN6O3/c1-13-23-25-26-27(13)17(11-14-5-3-2-4-6-14)20(28)29-12-18-22-19(24-30-18)15-7-9-16(21)10-8-15/h2-11H,12H2,1H3/b17-11-. The van der Waals surface area contributed by atoms with Crippen molar-refractivity contribution in [3.05, 3.63) is 76.9 Å². The highest BCUT2D eigenvalue weighted by Crippen LogP contribution is 2.19. The van der Waals surface area contributed by atoms with Crippen molar-refractivity contribution in [2.75, 3.05) is 0 Å². The molecule has 9 nitrogen and oxygen atoms in total. The molecule has 0 amide bonds. The van der Waals surface area contributed by atoms with Gasteiger partial charge >= 0.3 is 5.97 Å². The summed E-state index contributed by atoms with van der Waals surface area (Å²) in [5.74, 6) is 0.326. The van der Waals surface area contributed by atoms with E-state index in [9.17, 15) is 4.79 Å². The topological polar surface area (TPSA) is 109 Å². The summed E-state index contributed by atoms with van der Waals surface area (Å²) in [6.07, 6.45) is 1.64. The second-order valence-electron chi connectivity index (χ2n) is 6.17. The molecule has 0 saturated heterocycles. The zero-order chi connectivity index (χ0) is 20.9. The molecule has 2 aromatic carbocycles. The Morgan fingerprint density at radius 1 is 1.17 bits per heavy atom. The molecule has 0 radical (unpaired) electrons. The number of aryl methyl sites for hydroxylation is 1. The number of carbonyl (C=O) groups excluding carboxylic acids is 1. The lowest BCUT2D eigenvalue weighted by Gasteiger charge is -2.07. The highest BCUT2D eigenvalue weighted by atomic mass is 35.5. The third kappa shape index (κ3) is 4.41. The highest BCUT2D eigenvalue weighted by molar-refractivity contribution is 6.30. The largest absolute Gasteiger partial charge is 0.451 e. The normalized spacial score (nSPS) is 11.5. The Morgan fingerprint density at radius 3 is 2.63 bits per heavy atom. The van der Waals surface area contributed by atoms with Crippen molar-refractivity contribution in [3.8, 4) is 11.4 Å². The van der Waals surface area contributed by atoms with Crippen molar-refractivity contribution in [2.45, 2.75) is 13.5 Å². The van der Waals surface area contributed by atoms with Gasteiger partial charge in [0, 0.05) is 10.6 Å². The zero-order valence-electron chi connectivity index (χ0n) is 15.8. The predicted molar refractivity (Wildman–Crippen MR) is 108 cm³/mol. The Hall–Kier alpha value is -3.85. The fraction of sp³-hybridized carbons (Fsp3) is 0.100. The molecule has 0 N–H and O–H groups in total. The number of tetrazole rings is 1. The van der Waals surface area contributed by atoms with Crippen LogP contribution in [-0.4, -0.2) is 36.3 Å². The van der Waals surface area contributed by atoms with E-state index in [0.717, 1.165) is 11.1 Å². The maximum atomic E-state index is 12.8. The van der Waals surface area contributed by atoms with Gasteiger partial charge in [0.05, 0.1) is 0 Å². The molecule has 4 rings (SSSR count). The summed E-state index contributed by atoms with van der Waals surface area (Å²) in [5, 5.41) is 15.8. The van der Waals surface area contributed by atoms with E-state index in [2.05, 4.69) is 25.7 Å². The molecular formula is C20H15ClN6O3. The summed E-state index contributed by atoms with van der Waals surface area (Å²) < 4.78 is 11.9. The van der Waals surface area contributed by atoms with Crippen molar-refractivity contribution in [3.63, 3.8) is 0 Å². The fourth-order valence-corrected chi connectivity index (χ4v) is 2.72. The van der Waals surface area contributed by atoms with Gasteiger partial charge in [-0.1, -0.05) is 47.1 Å². The number of nitrogens with zero attached hydrogens (tertiary/aromatic N) is 6. The first-order valence-corrected chi connectivity index (χ1v) is 9.26. The Labute approximate surface area is 175 Å². The molecule has 2 aromatic heterocycles. The number of aromatic nitrogens is 6. The van der Waals surface area contributed by atoms with E-state index in [4.69, 9.17) is 20.9 Å². The SMILES string of the molecule is Cc1nnnn1/C(=C\c1ccccc1)C(=O)OCc1nc(-c2ccc(Cl)cc2)no1. The molecule has 10 heteroatoms. The van der Waals surface area contributed by atoms with E-state index < -0.39 is 5.97 Å². The Bertz CT molecular complexity index is 1180. The van der Waals surface area contributed by atoms with Gasteiger partial charge in [0.15, 0.2) is 18.1 Å². The average Bonchev–Trinajstić information content (AvgIpc) is 3.41. The lowest BCUT2D eigenvalue weighted by Crippen LogP contribution is -2.15. The number of esters is 1. The Balaban J connectivity index is 1.52. The van der Waals surface area contributed by atoms with Crippen LogP contribution < -0.4 is 0 Å². The summed E-state index contributed by atoms with van der Waals surface area (Å²) >= 11 is 5.89. The van der Waals surface area contributed by atoms with Crippen LogP contribution in [0.25, 0.3) is 23.2 Å². The van der Waals surface area contributed by atoms with Crippen molar-refractivity contribution < 1.29 is 14.1 Å². The third-order valence-electron chi connectivity index (χ3n) is 4.06. The van der Waals surface area contributed by atoms with E-state index in [1.54, 1.807) is 37.3 Å². The maximum Gasteiger partial charge on any atom is 0.357 e. The third-order valence-corrected chi connectivity index (χ3v) is 4.31. The van der Waals surface area contributed by atoms with Crippen molar-refractivity contribution >= 4 is 29.3 Å². The molecule has 0 saturated carbocycles. The molecule has 4 aromatic rings. The number of halogens is 1. The minimum atomic E-state index is -0.638. The first-order chi connectivity index (χ1) is 14.6. The van der Waals surface area contributed by atoms with Gasteiger partial charge in [0.1, 0.15) is 0 Å². The van der Waals surface area contributed by atoms with E-state index in [0.29, 0.717) is 16.7 Å². The van der Waals surface area contributed by atoms with Gasteiger partial charge in [-0.15, -0.1) is 5.10 Å². The number of carbonyl (C=O) groups is 1. The predicted octanol–water partition coefficient (Wildman–Crippen LogP) is 3.43. The molecule has 0 atom stereocenters. The lowest BCUT2D eigenvalue weighted by atomic mass is 10.2. The second-order valence-corrected chi connectivity index (χ2v) is 6.61. The molecule has 0 bridgehead atoms. The van der Waals surface area contributed by atoms with Gasteiger partial charge in [0.25, 0.3) is 5.89 Å². The van der Waals surface area contributed by atoms with Crippen LogP contribution in [0.2, 0.25) is 5.02 Å². The molecule has 0 aliphatic heterocycles. The van der Waals surface area contributed by atoms with Crippen molar-refractivity contribution in [1.82, 2.24) is 30.3 Å². The average molecular weight is 423 g/mol. The minimum Gasteiger partial charge on any atom is -0.451 e. The van der Waals surface area contributed by atoms with Crippen LogP contribution in [0.1, 0.15) is 17.3 Å². The van der Waals surface area contributed by atoms with Crippen LogP contribution in [-0.2, 0) is 16.1 Å². The number of hydrogen-bond donors (Lipinski definition) is 0. The Kier molecular flexibility index (Phi) is 5.62. The van der Waals surface area contributed by atoms with Crippen LogP contribution in [0.3, 0.4) is 0 Å². The van der Waals surface area contributed by atoms with Crippen LogP contribution in [0.4, 0.5) is 0 Å². The minimum absolute atomic E-state index is 0.154. The maximum absolute atomic E-state index is 12.8. The van der Waals surface area contributed by atoms with Crippen LogP contribution in [0.15, 0.2) is 59.1 Å². The number of hydrogen-bond acceptors (Lipinski definition) is 8. The molecule has 0 unspecified atom stereocenters. The summed E-state index contributed by atoms with van der Waals surface area (Å²) in [5.41, 5.74) is 1.68. The van der Waals surface area contributed by atoms with Gasteiger partial charge in [0.2, 0.25) is 5.82 Å². The van der Waals surface area contributed by atoms with E-state index in [1.807, 2.05) is 30.3 Å². The second kappa shape index (κ2) is 8.66. The molecule has 0 spiro atoms. The van der Waals surface area contributed by atoms with Crippen LogP contribution in [0.5, 0.6) is 0 Å². The van der Waals surface area contributed by atoms with Crippen molar-refractivity contribution in [2.24, 2.45) is 0 Å². The summed E-state index contributed by atoms with van der Waals surface area (Å²) in [4.78, 5) is 17.0. The van der Waals surface area contributed by atoms with Gasteiger partial charge in [-0.25, -0.2) is 4.79 Å². The summed E-state index contributed by atoms with van der Waals surface area (Å²) in [6.45, 7) is 1.48. The van der Waals surface area contributed by atoms with Crippen LogP contribution in [0, 0.1) is 6.92 Å². The van der Waals surface area contributed by atoms with E-state index >= 15 is 0 Å². The molecule has 0 fully saturated rings. The molecule has 150 valence electrons. The quantitative estimate of drug-likeness (QED) is 0.343. The van der Waals surface area contributed by atoms with Gasteiger partial charge in [-0.05, 0) is 53.3 Å². The van der Waals surface area contributed by atoms with Crippen LogP contribution >= 0.6 is 11.6 Å². The summed E-state index contributed by atoms with van der Waals surface area (Å²) in [7, 11) is 0. The lowest BCUT2D eigenvalue weighted by molar-refractivity contribution is -0.139. The molecule has 2 heterocycles. The van der Waals surface area contributed by atoms with Crippen molar-refractivity contribution in [1.29, 1.82) is 0 Å². The highest BCUT2D eigenvalue weighted by Gasteiger charge is 2.19. The molecule has 0 aliphatic rings. The monoisotopic (exact) mass is 422 g/mol. The molecule has 30 heavy (non-hydrogen) atoms. The van der Waals surface area contributed by atoms with Gasteiger partial charge < -0.3 is 9.26 Å².